The highest BCUT2D eigenvalue weighted by Crippen LogP contribution is 2.35. The van der Waals surface area contributed by atoms with E-state index in [9.17, 15) is 14.4 Å². The number of carbonyl (C=O) groups is 3. The molecule has 0 spiro atoms. The highest BCUT2D eigenvalue weighted by Gasteiger charge is 2.18. The molecular weight excluding hydrogens is 1330 g/mol. The number of aryl methyl sites for hydroxylation is 3. The van der Waals surface area contributed by atoms with Gasteiger partial charge in [0.2, 0.25) is 0 Å². The van der Waals surface area contributed by atoms with Crippen molar-refractivity contribution >= 4 is 97.5 Å². The molecule has 552 valence electrons. The summed E-state index contributed by atoms with van der Waals surface area (Å²) in [4.78, 5) is 38.7. The number of benzene rings is 8. The van der Waals surface area contributed by atoms with Crippen molar-refractivity contribution in [3.63, 3.8) is 0 Å². The maximum absolute atomic E-state index is 11.3. The second-order valence-electron chi connectivity index (χ2n) is 24.9. The fraction of sp³-hybridized carbons (Fsp3) is 0.329. The Labute approximate surface area is 624 Å². The van der Waals surface area contributed by atoms with Crippen molar-refractivity contribution in [2.24, 2.45) is 61.4 Å². The number of carbonyl (C=O) groups excluding carboxylic acids is 3. The summed E-state index contributed by atoms with van der Waals surface area (Å²) in [7, 11) is 0. The largest absolute Gasteiger partial charge is 0.463 e. The lowest BCUT2D eigenvalue weighted by atomic mass is 10.1. The van der Waals surface area contributed by atoms with Gasteiger partial charge in [-0.15, -0.1) is 0 Å². The Balaban J connectivity index is 0.000000276. The van der Waals surface area contributed by atoms with E-state index in [0.717, 1.165) is 153 Å². The Bertz CT molecular complexity index is 4190. The van der Waals surface area contributed by atoms with Crippen LogP contribution in [-0.2, 0) is 41.4 Å². The molecule has 0 unspecified atom stereocenters. The Morgan fingerprint density at radius 2 is 0.783 bits per heavy atom. The fourth-order valence-corrected chi connectivity index (χ4v) is 10.5. The molecule has 0 atom stereocenters. The van der Waals surface area contributed by atoms with Crippen LogP contribution < -0.4 is 14.5 Å². The van der Waals surface area contributed by atoms with Gasteiger partial charge >= 0.3 is 17.9 Å². The second-order valence-corrected chi connectivity index (χ2v) is 24.9. The zero-order chi connectivity index (χ0) is 75.4. The van der Waals surface area contributed by atoms with Crippen LogP contribution in [0.1, 0.15) is 127 Å². The molecule has 9 rings (SSSR count). The molecule has 21 nitrogen and oxygen atoms in total. The lowest BCUT2D eigenvalue weighted by Gasteiger charge is -2.25. The van der Waals surface area contributed by atoms with Crippen molar-refractivity contribution in [2.75, 3.05) is 62.4 Å². The third-order valence-electron chi connectivity index (χ3n) is 16.6. The first-order chi connectivity index (χ1) is 51.8. The van der Waals surface area contributed by atoms with E-state index >= 15 is 0 Å². The van der Waals surface area contributed by atoms with Crippen molar-refractivity contribution in [3.05, 3.63) is 236 Å². The van der Waals surface area contributed by atoms with Gasteiger partial charge in [-0.2, -0.15) is 61.4 Å². The van der Waals surface area contributed by atoms with Crippen LogP contribution in [0.25, 0.3) is 0 Å². The summed E-state index contributed by atoms with van der Waals surface area (Å²) in [5.41, 5.74) is 15.8. The standard InChI is InChI=1S/C44H47N7O6.C33H35N7.C8H18O/c1-5-42(52)55-30-12-8-10-28-51(29-11-9-13-31-56-43(53)6-2)39-23-18-36(19-24-39)47-49-38-22-27-41(33(4)32-38)50-48-35-16-14-34(15-17-35)45-46-37-20-25-40(26-21-37)57-44(54)7-3;1-4-6-7-25-8-10-27(11-9-25)34-35-28-12-14-29(15-13-28)36-39-32-18-16-30(22-24(32)3)37-38-31-17-19-33-26(23-31)20-21-40(33)5-2;1-3-5-7-9-8-6-4-2/h5-7,14-27,32H,1-3,8-13,28-31H2,4H3;8-19,22-23H,4-7,20-21H2,1-3H3;3-8H2,1-2H3. The SMILES string of the molecule is C=CC(=O)OCCCCCN(CCCCCOC(=O)C=C)c1ccc(N=Nc2ccc(N=Nc3ccc(N=Nc4ccc(OC(=O)C=C)cc4)cc3)c(C)c2)cc1.CCCCOCCCC.CCCCc1ccc(N=Nc2ccc(N=Nc3ccc(N=Nc4ccc5c(c4)CCN5CC)cc3C)cc2)cc1. The van der Waals surface area contributed by atoms with Gasteiger partial charge in [-0.05, 0) is 277 Å². The molecule has 0 saturated carbocycles. The Morgan fingerprint density at radius 3 is 1.20 bits per heavy atom. The highest BCUT2D eigenvalue weighted by atomic mass is 16.5. The molecule has 1 aliphatic heterocycles. The number of hydrogen-bond acceptors (Lipinski definition) is 21. The maximum atomic E-state index is 11.3. The lowest BCUT2D eigenvalue weighted by Crippen LogP contribution is -2.25. The van der Waals surface area contributed by atoms with E-state index in [-0.39, 0.29) is 0 Å². The van der Waals surface area contributed by atoms with Gasteiger partial charge in [-0.3, -0.25) is 0 Å². The van der Waals surface area contributed by atoms with Crippen molar-refractivity contribution < 1.29 is 33.3 Å². The Hall–Kier alpha value is -11.5. The molecule has 0 aliphatic carbocycles. The molecular formula is C85H100N14O7. The van der Waals surface area contributed by atoms with Gasteiger partial charge in [0.05, 0.1) is 81.5 Å². The van der Waals surface area contributed by atoms with Crippen LogP contribution in [0.2, 0.25) is 0 Å². The van der Waals surface area contributed by atoms with E-state index in [4.69, 9.17) is 18.9 Å². The highest BCUT2D eigenvalue weighted by molar-refractivity contribution is 5.83. The van der Waals surface area contributed by atoms with E-state index in [1.54, 1.807) is 48.5 Å². The van der Waals surface area contributed by atoms with Gasteiger partial charge in [0.15, 0.2) is 0 Å². The number of rotatable bonds is 39. The molecule has 1 heterocycles. The number of anilines is 2. The third-order valence-corrected chi connectivity index (χ3v) is 16.6. The predicted molar refractivity (Wildman–Crippen MR) is 425 cm³/mol. The zero-order valence-electron chi connectivity index (χ0n) is 62.3. The number of esters is 3. The Morgan fingerprint density at radius 1 is 0.406 bits per heavy atom. The van der Waals surface area contributed by atoms with E-state index in [1.807, 2.05) is 117 Å². The van der Waals surface area contributed by atoms with Crippen molar-refractivity contribution in [3.8, 4) is 5.75 Å². The van der Waals surface area contributed by atoms with Crippen LogP contribution in [0.4, 0.5) is 79.6 Å². The number of unbranched alkanes of at least 4 members (excludes halogenated alkanes) is 7. The van der Waals surface area contributed by atoms with Gasteiger partial charge in [-0.25, -0.2) is 14.4 Å². The van der Waals surface area contributed by atoms with Crippen LogP contribution in [0.15, 0.2) is 275 Å². The number of hydrogen-bond donors (Lipinski definition) is 0. The number of azo groups is 6. The molecule has 0 N–H and O–H groups in total. The van der Waals surface area contributed by atoms with E-state index in [2.05, 4.69) is 143 Å². The average Bonchev–Trinajstić information content (AvgIpc) is 1.67. The van der Waals surface area contributed by atoms with Crippen LogP contribution in [0, 0.1) is 13.8 Å². The molecule has 0 amide bonds. The molecule has 0 saturated heterocycles. The minimum Gasteiger partial charge on any atom is -0.463 e. The van der Waals surface area contributed by atoms with Gasteiger partial charge in [0.1, 0.15) is 5.75 Å². The maximum Gasteiger partial charge on any atom is 0.335 e. The van der Waals surface area contributed by atoms with Crippen molar-refractivity contribution in [1.29, 1.82) is 0 Å². The van der Waals surface area contributed by atoms with Gasteiger partial charge < -0.3 is 28.7 Å². The van der Waals surface area contributed by atoms with Crippen LogP contribution in [0.5, 0.6) is 5.75 Å². The van der Waals surface area contributed by atoms with Gasteiger partial charge in [0.25, 0.3) is 0 Å². The smallest absolute Gasteiger partial charge is 0.335 e. The summed E-state index contributed by atoms with van der Waals surface area (Å²) in [5.74, 6) is -0.938. The van der Waals surface area contributed by atoms with Crippen molar-refractivity contribution in [1.82, 2.24) is 0 Å². The van der Waals surface area contributed by atoms with Gasteiger partial charge in [-0.1, -0.05) is 71.9 Å². The summed E-state index contributed by atoms with van der Waals surface area (Å²) in [6.07, 6.45) is 18.2. The first-order valence-electron chi connectivity index (χ1n) is 36.6. The molecule has 0 aromatic heterocycles. The molecule has 21 heteroatoms. The summed E-state index contributed by atoms with van der Waals surface area (Å²) in [5, 5.41) is 52.6. The molecule has 8 aromatic carbocycles. The second kappa shape index (κ2) is 47.0. The third kappa shape index (κ3) is 30.1. The first-order valence-corrected chi connectivity index (χ1v) is 36.6. The molecule has 0 radical (unpaired) electrons. The minimum absolute atomic E-state index is 0.378. The number of fused-ring (bicyclic) bond motifs is 1. The topological polar surface area (TPSA) is 243 Å². The average molecular weight is 1430 g/mol. The predicted octanol–water partition coefficient (Wildman–Crippen LogP) is 25.5. The fourth-order valence-electron chi connectivity index (χ4n) is 10.5. The number of likely N-dealkylation sites (N-methyl/N-ethyl adjacent to an activating group) is 1. The molecule has 1 aliphatic rings. The number of ether oxygens (including phenoxy) is 4. The van der Waals surface area contributed by atoms with E-state index in [0.29, 0.717) is 47.4 Å². The number of nitrogens with zero attached hydrogens (tertiary/aromatic N) is 14. The van der Waals surface area contributed by atoms with Crippen LogP contribution in [-0.4, -0.2) is 70.5 Å². The molecule has 0 fully saturated rings. The van der Waals surface area contributed by atoms with Crippen LogP contribution >= 0.6 is 0 Å². The lowest BCUT2D eigenvalue weighted by molar-refractivity contribution is -0.138. The Kier molecular flexibility index (Phi) is 36.3. The van der Waals surface area contributed by atoms with Crippen LogP contribution in [0.3, 0.4) is 0 Å². The molecule has 106 heavy (non-hydrogen) atoms. The van der Waals surface area contributed by atoms with Gasteiger partial charge in [0, 0.05) is 69.0 Å². The first kappa shape index (κ1) is 81.8. The van der Waals surface area contributed by atoms with Crippen molar-refractivity contribution in [2.45, 2.75) is 131 Å². The summed E-state index contributed by atoms with van der Waals surface area (Å²) < 4.78 is 20.6. The molecule has 8 aromatic rings. The zero-order valence-corrected chi connectivity index (χ0v) is 62.3. The summed E-state index contributed by atoms with van der Waals surface area (Å²) >= 11 is 0. The summed E-state index contributed by atoms with van der Waals surface area (Å²) in [6, 6.07) is 55.4. The van der Waals surface area contributed by atoms with E-state index < -0.39 is 17.9 Å². The molecule has 0 bridgehead atoms. The minimum atomic E-state index is -0.529. The van der Waals surface area contributed by atoms with E-state index in [1.165, 1.54) is 67.5 Å². The quantitative estimate of drug-likeness (QED) is 0.0117. The summed E-state index contributed by atoms with van der Waals surface area (Å²) in [6.45, 7) is 29.4. The monoisotopic (exact) mass is 1430 g/mol. The normalized spacial score (nSPS) is 11.8.